The topological polar surface area (TPSA) is 23.5 Å². The smallest absolute Gasteiger partial charge is 0.123 e. The van der Waals surface area contributed by atoms with Crippen LogP contribution in [0.5, 0.6) is 0 Å². The van der Waals surface area contributed by atoms with Gasteiger partial charge in [0.25, 0.3) is 0 Å². The van der Waals surface area contributed by atoms with Gasteiger partial charge in [0.15, 0.2) is 0 Å². The normalized spacial score (nSPS) is 14.1. The highest BCUT2D eigenvalue weighted by molar-refractivity contribution is 5.20. The zero-order chi connectivity index (χ0) is 13.1. The molecule has 0 aliphatic rings. The van der Waals surface area contributed by atoms with Gasteiger partial charge in [0.05, 0.1) is 5.60 Å². The van der Waals surface area contributed by atoms with E-state index in [1.807, 2.05) is 19.2 Å². The summed E-state index contributed by atoms with van der Waals surface area (Å²) >= 11 is 0. The van der Waals surface area contributed by atoms with E-state index in [4.69, 9.17) is 0 Å². The van der Waals surface area contributed by atoms with Crippen LogP contribution in [0.3, 0.4) is 0 Å². The van der Waals surface area contributed by atoms with Gasteiger partial charge in [-0.1, -0.05) is 19.1 Å². The number of halogens is 1. The van der Waals surface area contributed by atoms with Crippen molar-refractivity contribution in [3.05, 3.63) is 35.6 Å². The lowest BCUT2D eigenvalue weighted by Gasteiger charge is -2.32. The van der Waals surface area contributed by atoms with Crippen LogP contribution in [0.15, 0.2) is 24.3 Å². The number of hydrogen-bond acceptors (Lipinski definition) is 2. The fraction of sp³-hybridized carbons (Fsp3) is 0.571. The maximum absolute atomic E-state index is 12.9. The second-order valence-electron chi connectivity index (χ2n) is 5.20. The van der Waals surface area contributed by atoms with Crippen molar-refractivity contribution in [2.75, 3.05) is 13.6 Å². The number of likely N-dealkylation sites (N-methyl/N-ethyl adjacent to an activating group) is 1. The van der Waals surface area contributed by atoms with Crippen molar-refractivity contribution in [1.29, 1.82) is 0 Å². The molecule has 2 nitrogen and oxygen atoms in total. The minimum atomic E-state index is -0.720. The van der Waals surface area contributed by atoms with Crippen molar-refractivity contribution in [2.45, 2.75) is 38.8 Å². The minimum Gasteiger partial charge on any atom is -0.389 e. The minimum absolute atomic E-state index is 0.210. The molecule has 1 rings (SSSR count). The Bertz CT molecular complexity index is 342. The lowest BCUT2D eigenvalue weighted by atomic mass is 10.0. The SMILES string of the molecule is CCC(c1ccc(F)cc1)N(C)CC(C)(C)O. The van der Waals surface area contributed by atoms with Gasteiger partial charge in [-0.2, -0.15) is 0 Å². The average Bonchev–Trinajstić information content (AvgIpc) is 2.19. The molecular weight excluding hydrogens is 217 g/mol. The highest BCUT2D eigenvalue weighted by Gasteiger charge is 2.21. The first kappa shape index (κ1) is 14.1. The lowest BCUT2D eigenvalue weighted by molar-refractivity contribution is 0.0303. The summed E-state index contributed by atoms with van der Waals surface area (Å²) in [6.07, 6.45) is 0.929. The molecule has 0 saturated carbocycles. The Morgan fingerprint density at radius 2 is 1.82 bits per heavy atom. The van der Waals surface area contributed by atoms with Crippen molar-refractivity contribution >= 4 is 0 Å². The molecule has 0 bridgehead atoms. The first-order valence-corrected chi connectivity index (χ1v) is 6.01. The summed E-state index contributed by atoms with van der Waals surface area (Å²) in [5.41, 5.74) is 0.364. The van der Waals surface area contributed by atoms with Crippen molar-refractivity contribution in [3.8, 4) is 0 Å². The molecule has 1 N–H and O–H groups in total. The molecule has 17 heavy (non-hydrogen) atoms. The first-order valence-electron chi connectivity index (χ1n) is 6.01. The van der Waals surface area contributed by atoms with E-state index < -0.39 is 5.60 Å². The third-order valence-corrected chi connectivity index (χ3v) is 2.81. The summed E-state index contributed by atoms with van der Waals surface area (Å²) < 4.78 is 12.9. The molecule has 0 aliphatic carbocycles. The Morgan fingerprint density at radius 1 is 1.29 bits per heavy atom. The van der Waals surface area contributed by atoms with Gasteiger partial charge in [-0.15, -0.1) is 0 Å². The van der Waals surface area contributed by atoms with Gasteiger partial charge in [0, 0.05) is 12.6 Å². The molecule has 3 heteroatoms. The molecule has 0 aromatic heterocycles. The van der Waals surface area contributed by atoms with E-state index in [2.05, 4.69) is 11.8 Å². The standard InChI is InChI=1S/C14H22FNO/c1-5-13(16(4)10-14(2,3)17)11-6-8-12(15)9-7-11/h6-9,13,17H,5,10H2,1-4H3. The lowest BCUT2D eigenvalue weighted by Crippen LogP contribution is -2.38. The molecule has 0 saturated heterocycles. The van der Waals surface area contributed by atoms with Gasteiger partial charge in [-0.3, -0.25) is 4.90 Å². The molecule has 0 spiro atoms. The van der Waals surface area contributed by atoms with Crippen LogP contribution in [0, 0.1) is 5.82 Å². The van der Waals surface area contributed by atoms with E-state index in [0.717, 1.165) is 12.0 Å². The molecule has 0 aliphatic heterocycles. The van der Waals surface area contributed by atoms with Crippen molar-refractivity contribution in [3.63, 3.8) is 0 Å². The highest BCUT2D eigenvalue weighted by atomic mass is 19.1. The summed E-state index contributed by atoms with van der Waals surface area (Å²) in [6, 6.07) is 6.79. The van der Waals surface area contributed by atoms with E-state index in [9.17, 15) is 9.50 Å². The van der Waals surface area contributed by atoms with Crippen LogP contribution in [0.1, 0.15) is 38.8 Å². The van der Waals surface area contributed by atoms with Crippen LogP contribution < -0.4 is 0 Å². The van der Waals surface area contributed by atoms with E-state index in [0.29, 0.717) is 6.54 Å². The van der Waals surface area contributed by atoms with E-state index in [1.54, 1.807) is 13.8 Å². The van der Waals surface area contributed by atoms with Gasteiger partial charge >= 0.3 is 0 Å². The summed E-state index contributed by atoms with van der Waals surface area (Å²) in [5.74, 6) is -0.214. The third kappa shape index (κ3) is 4.44. The second kappa shape index (κ2) is 5.61. The van der Waals surface area contributed by atoms with Gasteiger partial charge < -0.3 is 5.11 Å². The predicted octanol–water partition coefficient (Wildman–Crippen LogP) is 2.98. The van der Waals surface area contributed by atoms with Crippen molar-refractivity contribution < 1.29 is 9.50 Å². The second-order valence-corrected chi connectivity index (χ2v) is 5.20. The van der Waals surface area contributed by atoms with Crippen LogP contribution in [-0.2, 0) is 0 Å². The number of rotatable bonds is 5. The van der Waals surface area contributed by atoms with E-state index >= 15 is 0 Å². The summed E-state index contributed by atoms with van der Waals surface area (Å²) in [6.45, 7) is 6.26. The van der Waals surface area contributed by atoms with Crippen molar-refractivity contribution in [1.82, 2.24) is 4.90 Å². The Kier molecular flexibility index (Phi) is 4.66. The number of aliphatic hydroxyl groups is 1. The number of hydrogen-bond donors (Lipinski definition) is 1. The monoisotopic (exact) mass is 239 g/mol. The molecular formula is C14H22FNO. The molecule has 0 radical (unpaired) electrons. The van der Waals surface area contributed by atoms with Gasteiger partial charge in [-0.25, -0.2) is 4.39 Å². The molecule has 0 amide bonds. The van der Waals surface area contributed by atoms with Gasteiger partial charge in [0.1, 0.15) is 5.82 Å². The van der Waals surface area contributed by atoms with Crippen LogP contribution >= 0.6 is 0 Å². The largest absolute Gasteiger partial charge is 0.389 e. The van der Waals surface area contributed by atoms with Crippen LogP contribution in [0.25, 0.3) is 0 Å². The summed E-state index contributed by atoms with van der Waals surface area (Å²) in [4.78, 5) is 2.10. The van der Waals surface area contributed by atoms with Gasteiger partial charge in [-0.05, 0) is 45.0 Å². The maximum Gasteiger partial charge on any atom is 0.123 e. The van der Waals surface area contributed by atoms with Crippen LogP contribution in [0.2, 0.25) is 0 Å². The zero-order valence-corrected chi connectivity index (χ0v) is 11.1. The van der Waals surface area contributed by atoms with Crippen molar-refractivity contribution in [2.24, 2.45) is 0 Å². The van der Waals surface area contributed by atoms with Crippen LogP contribution in [0.4, 0.5) is 4.39 Å². The number of benzene rings is 1. The molecule has 0 fully saturated rings. The molecule has 1 aromatic rings. The average molecular weight is 239 g/mol. The Hall–Kier alpha value is -0.930. The third-order valence-electron chi connectivity index (χ3n) is 2.81. The quantitative estimate of drug-likeness (QED) is 0.854. The predicted molar refractivity (Wildman–Crippen MR) is 68.4 cm³/mol. The highest BCUT2D eigenvalue weighted by Crippen LogP contribution is 2.24. The fourth-order valence-corrected chi connectivity index (χ4v) is 2.21. The van der Waals surface area contributed by atoms with E-state index in [1.165, 1.54) is 12.1 Å². The van der Waals surface area contributed by atoms with Crippen LogP contribution in [-0.4, -0.2) is 29.2 Å². The molecule has 0 heterocycles. The summed E-state index contributed by atoms with van der Waals surface area (Å²) in [7, 11) is 1.98. The fourth-order valence-electron chi connectivity index (χ4n) is 2.21. The molecule has 96 valence electrons. The Morgan fingerprint density at radius 3 is 2.24 bits per heavy atom. The molecule has 1 aromatic carbocycles. The Labute approximate surface area is 103 Å². The van der Waals surface area contributed by atoms with E-state index in [-0.39, 0.29) is 11.9 Å². The Balaban J connectivity index is 2.80. The maximum atomic E-state index is 12.9. The first-order chi connectivity index (χ1) is 7.83. The molecule has 1 atom stereocenters. The molecule has 1 unspecified atom stereocenters. The zero-order valence-electron chi connectivity index (χ0n) is 11.1. The summed E-state index contributed by atoms with van der Waals surface area (Å²) in [5, 5.41) is 9.82. The van der Waals surface area contributed by atoms with Gasteiger partial charge in [0.2, 0.25) is 0 Å². The number of nitrogens with zero attached hydrogens (tertiary/aromatic N) is 1.